The summed E-state index contributed by atoms with van der Waals surface area (Å²) in [6.07, 6.45) is 11.0. The van der Waals surface area contributed by atoms with Crippen molar-refractivity contribution in [2.45, 2.75) is 77.6 Å². The van der Waals surface area contributed by atoms with Gasteiger partial charge in [-0.15, -0.1) is 0 Å². The smallest absolute Gasteiger partial charge is 1.00 e. The van der Waals surface area contributed by atoms with Crippen LogP contribution in [0.2, 0.25) is 26.2 Å². The van der Waals surface area contributed by atoms with Crippen LogP contribution in [0.3, 0.4) is 0 Å². The number of rotatable bonds is 3. The zero-order valence-electron chi connectivity index (χ0n) is 17.2. The van der Waals surface area contributed by atoms with Crippen molar-refractivity contribution in [1.29, 1.82) is 0 Å². The normalized spacial score (nSPS) is 16.3. The number of aryl methyl sites for hydroxylation is 2. The Morgan fingerprint density at radius 3 is 1.33 bits per heavy atom. The molecule has 0 fully saturated rings. The molecule has 0 heterocycles. The van der Waals surface area contributed by atoms with Crippen LogP contribution in [-0.4, -0.2) is 15.2 Å². The Balaban J connectivity index is 0.00000121. The Morgan fingerprint density at radius 1 is 0.630 bits per heavy atom. The van der Waals surface area contributed by atoms with Crippen LogP contribution in [0.5, 0.6) is 0 Å². The first kappa shape index (κ1) is 25.5. The molecule has 4 rings (SSSR count). The van der Waals surface area contributed by atoms with Crippen molar-refractivity contribution in [2.24, 2.45) is 0 Å². The van der Waals surface area contributed by atoms with Crippen molar-refractivity contribution in [3.63, 3.8) is 0 Å². The molecule has 0 spiro atoms. The maximum Gasteiger partial charge on any atom is 4.00 e. The first-order chi connectivity index (χ1) is 11.4. The quantitative estimate of drug-likeness (QED) is 0.378. The van der Waals surface area contributed by atoms with Crippen molar-refractivity contribution in [3.05, 3.63) is 46.5 Å². The molecule has 0 bridgehead atoms. The Kier molecular flexibility index (Phi) is 8.95. The molecular formula is C22H32Cl2Si2Ti. The van der Waals surface area contributed by atoms with Gasteiger partial charge in [-0.25, -0.2) is 12.1 Å². The van der Waals surface area contributed by atoms with Gasteiger partial charge in [0.1, 0.15) is 0 Å². The monoisotopic (exact) mass is 470 g/mol. The van der Waals surface area contributed by atoms with Crippen LogP contribution < -0.4 is 35.2 Å². The molecule has 0 atom stereocenters. The van der Waals surface area contributed by atoms with E-state index in [1.807, 2.05) is 10.4 Å². The third-order valence-electron chi connectivity index (χ3n) is 7.48. The van der Waals surface area contributed by atoms with Gasteiger partial charge in [-0.1, -0.05) is 77.6 Å². The van der Waals surface area contributed by atoms with Gasteiger partial charge in [0.2, 0.25) is 0 Å². The number of hydrogen-bond acceptors (Lipinski definition) is 0. The summed E-state index contributed by atoms with van der Waals surface area (Å²) in [6, 6.07) is 10.0. The summed E-state index contributed by atoms with van der Waals surface area (Å²) in [6.45, 7) is 10.7. The fraction of sp³-hybridized carbons (Fsp3) is 0.545. The van der Waals surface area contributed by atoms with Crippen LogP contribution in [0.15, 0.2) is 24.3 Å². The largest absolute Gasteiger partial charge is 4.00 e. The van der Waals surface area contributed by atoms with Gasteiger partial charge in [0.15, 0.2) is 0 Å². The molecule has 0 amide bonds. The summed E-state index contributed by atoms with van der Waals surface area (Å²) in [5, 5.41) is 3.64. The zero-order valence-corrected chi connectivity index (χ0v) is 22.3. The number of halogens is 2. The predicted molar refractivity (Wildman–Crippen MR) is 112 cm³/mol. The minimum absolute atomic E-state index is 0. The minimum Gasteiger partial charge on any atom is -1.00 e. The Morgan fingerprint density at radius 2 is 0.963 bits per heavy atom. The molecule has 146 valence electrons. The summed E-state index contributed by atoms with van der Waals surface area (Å²) in [7, 11) is -2.92. The van der Waals surface area contributed by atoms with Crippen LogP contribution in [0.25, 0.3) is 0 Å². The summed E-state index contributed by atoms with van der Waals surface area (Å²) in [5.41, 5.74) is 6.93. The van der Waals surface area contributed by atoms with Crippen molar-refractivity contribution in [1.82, 2.24) is 0 Å². The standard InChI is InChI=1S/C22H32Si2.2ClH.Ti/c1-23(2,21-15-13-17-9-5-7-11-19(17)21)24(3,4)22-16-14-18-10-6-8-12-20(18)22;;;/h13-16H,5-12H2,1-4H3;2*1H;/q-2;;;+4/p-2. The van der Waals surface area contributed by atoms with Crippen LogP contribution in [-0.2, 0) is 47.4 Å². The third kappa shape index (κ3) is 4.18. The molecule has 2 aliphatic carbocycles. The second-order valence-corrected chi connectivity index (χ2v) is 24.2. The van der Waals surface area contributed by atoms with Crippen molar-refractivity contribution in [3.8, 4) is 0 Å². The van der Waals surface area contributed by atoms with Crippen LogP contribution >= 0.6 is 0 Å². The number of hydrogen-bond donors (Lipinski definition) is 0. The molecule has 0 radical (unpaired) electrons. The van der Waals surface area contributed by atoms with Gasteiger partial charge in [-0.2, -0.15) is 44.8 Å². The van der Waals surface area contributed by atoms with Gasteiger partial charge in [0.05, 0.1) is 0 Å². The van der Waals surface area contributed by atoms with Gasteiger partial charge < -0.3 is 24.8 Å². The number of fused-ring (bicyclic) bond motifs is 2. The van der Waals surface area contributed by atoms with Gasteiger partial charge in [-0.3, -0.25) is 0 Å². The minimum atomic E-state index is -1.46. The first-order valence-corrected chi connectivity index (χ1v) is 17.0. The molecule has 0 N–H and O–H groups in total. The molecule has 2 aromatic carbocycles. The molecule has 0 aromatic heterocycles. The van der Waals surface area contributed by atoms with Crippen molar-refractivity contribution in [2.75, 3.05) is 0 Å². The molecule has 0 aliphatic heterocycles. The van der Waals surface area contributed by atoms with Gasteiger partial charge in [-0.05, 0) is 0 Å². The molecule has 0 saturated heterocycles. The maximum atomic E-state index is 2.69. The molecular weight excluding hydrogens is 439 g/mol. The fourth-order valence-electron chi connectivity index (χ4n) is 5.25. The summed E-state index contributed by atoms with van der Waals surface area (Å²) in [4.78, 5) is 0. The van der Waals surface area contributed by atoms with E-state index in [1.54, 1.807) is 22.3 Å². The van der Waals surface area contributed by atoms with E-state index in [0.717, 1.165) is 0 Å². The molecule has 2 aliphatic rings. The second kappa shape index (κ2) is 9.49. The zero-order chi connectivity index (χ0) is 16.9. The average Bonchev–Trinajstić information content (AvgIpc) is 3.19. The molecule has 27 heavy (non-hydrogen) atoms. The van der Waals surface area contributed by atoms with Gasteiger partial charge >= 0.3 is 21.7 Å². The Hall–Kier alpha value is 0.428. The van der Waals surface area contributed by atoms with E-state index >= 15 is 0 Å². The molecule has 0 saturated carbocycles. The molecule has 0 unspecified atom stereocenters. The van der Waals surface area contributed by atoms with Gasteiger partial charge in [0, 0.05) is 15.2 Å². The van der Waals surface area contributed by atoms with E-state index in [9.17, 15) is 0 Å². The average molecular weight is 471 g/mol. The summed E-state index contributed by atoms with van der Waals surface area (Å²) in [5.74, 6) is 0. The third-order valence-corrected chi connectivity index (χ3v) is 25.2. The van der Waals surface area contributed by atoms with Crippen LogP contribution in [0.4, 0.5) is 0 Å². The van der Waals surface area contributed by atoms with E-state index in [0.29, 0.717) is 0 Å². The van der Waals surface area contributed by atoms with Crippen molar-refractivity contribution < 1.29 is 46.5 Å². The summed E-state index contributed by atoms with van der Waals surface area (Å²) < 4.78 is 0. The Bertz CT molecular complexity index is 694. The van der Waals surface area contributed by atoms with E-state index < -0.39 is 15.2 Å². The molecule has 2 aromatic rings. The van der Waals surface area contributed by atoms with Crippen molar-refractivity contribution >= 4 is 25.6 Å². The van der Waals surface area contributed by atoms with Gasteiger partial charge in [0.25, 0.3) is 0 Å². The van der Waals surface area contributed by atoms with Crippen LogP contribution in [0.1, 0.15) is 47.9 Å². The Labute approximate surface area is 195 Å². The van der Waals surface area contributed by atoms with E-state index in [4.69, 9.17) is 0 Å². The summed E-state index contributed by atoms with van der Waals surface area (Å²) >= 11 is 0. The topological polar surface area (TPSA) is 0 Å². The van der Waals surface area contributed by atoms with Crippen LogP contribution in [0, 0.1) is 0 Å². The molecule has 5 heteroatoms. The maximum absolute atomic E-state index is 2.69. The van der Waals surface area contributed by atoms with E-state index in [2.05, 4.69) is 50.5 Å². The predicted octanol–water partition coefficient (Wildman–Crippen LogP) is -1.50. The molecule has 0 nitrogen and oxygen atoms in total. The fourth-order valence-corrected chi connectivity index (χ4v) is 15.1. The van der Waals surface area contributed by atoms with E-state index in [1.165, 1.54) is 51.4 Å². The van der Waals surface area contributed by atoms with E-state index in [-0.39, 0.29) is 46.5 Å². The second-order valence-electron chi connectivity index (χ2n) is 9.17. The SMILES string of the molecule is C[Si](C)([c-]1ccc2c1CCCC2)[Si](C)(C)[c-]1ccc2c1CCCC2.[Cl-].[Cl-].[Ti+4]. The first-order valence-electron chi connectivity index (χ1n) is 9.99.